The predicted molar refractivity (Wildman–Crippen MR) is 160 cm³/mol. The molecule has 2 aliphatic rings. The van der Waals surface area contributed by atoms with Crippen molar-refractivity contribution in [3.05, 3.63) is 59.4 Å². The number of amides is 1. The third-order valence-electron chi connectivity index (χ3n) is 8.22. The summed E-state index contributed by atoms with van der Waals surface area (Å²) in [7, 11) is 0. The molecule has 0 radical (unpaired) electrons. The van der Waals surface area contributed by atoms with Gasteiger partial charge in [0.2, 0.25) is 5.91 Å². The highest BCUT2D eigenvalue weighted by Crippen LogP contribution is 2.29. The maximum absolute atomic E-state index is 13.5. The molecule has 3 heterocycles. The molecule has 2 aliphatic heterocycles. The summed E-state index contributed by atoms with van der Waals surface area (Å²) < 4.78 is 17.6. The van der Waals surface area contributed by atoms with Crippen LogP contribution in [0.4, 0.5) is 4.39 Å². The first-order valence-electron chi connectivity index (χ1n) is 15.2. The summed E-state index contributed by atoms with van der Waals surface area (Å²) in [6.45, 7) is 4.25. The van der Waals surface area contributed by atoms with Gasteiger partial charge in [-0.2, -0.15) is 0 Å². The van der Waals surface area contributed by atoms with Crippen LogP contribution in [0.25, 0.3) is 0 Å². The molecule has 1 N–H and O–H groups in total. The topological polar surface area (TPSA) is 88.6 Å². The fraction of sp³-hybridized carbons (Fsp3) is 0.529. The summed E-state index contributed by atoms with van der Waals surface area (Å²) in [4.78, 5) is 44.9. The molecule has 1 aromatic carbocycles. The van der Waals surface area contributed by atoms with Gasteiger partial charge in [-0.05, 0) is 99.8 Å². The maximum Gasteiger partial charge on any atom is 0.222 e. The number of carbonyl (C=O) groups excluding carboxylic acids is 3. The number of nitrogens with zero attached hydrogens (tertiary/aromatic N) is 2. The number of hydrogen-bond donors (Lipinski definition) is 1. The number of aromatic nitrogens is 1. The van der Waals surface area contributed by atoms with E-state index >= 15 is 0 Å². The lowest BCUT2D eigenvalue weighted by molar-refractivity contribution is -0.135. The molecule has 1 aromatic heterocycles. The predicted octanol–water partition coefficient (Wildman–Crippen LogP) is 4.87. The van der Waals surface area contributed by atoms with Crippen LogP contribution in [0.3, 0.4) is 0 Å². The number of ketones is 2. The molecule has 0 aliphatic carbocycles. The Hall–Kier alpha value is -3.57. The summed E-state index contributed by atoms with van der Waals surface area (Å²) in [6, 6.07) is 9.01. The molecule has 4 rings (SSSR count). The van der Waals surface area contributed by atoms with Gasteiger partial charge in [0, 0.05) is 61.8 Å². The first kappa shape index (κ1) is 31.4. The van der Waals surface area contributed by atoms with Crippen molar-refractivity contribution in [1.82, 2.24) is 15.2 Å². The van der Waals surface area contributed by atoms with E-state index in [0.717, 1.165) is 56.3 Å². The van der Waals surface area contributed by atoms with Crippen molar-refractivity contribution >= 4 is 17.5 Å². The van der Waals surface area contributed by atoms with Gasteiger partial charge in [-0.3, -0.25) is 14.6 Å². The van der Waals surface area contributed by atoms with Gasteiger partial charge < -0.3 is 19.7 Å². The van der Waals surface area contributed by atoms with Gasteiger partial charge in [0.25, 0.3) is 0 Å². The van der Waals surface area contributed by atoms with Crippen LogP contribution in [0.1, 0.15) is 80.9 Å². The zero-order valence-corrected chi connectivity index (χ0v) is 24.6. The van der Waals surface area contributed by atoms with E-state index in [9.17, 15) is 18.8 Å². The zero-order chi connectivity index (χ0) is 29.7. The normalized spacial score (nSPS) is 18.0. The van der Waals surface area contributed by atoms with Gasteiger partial charge in [-0.1, -0.05) is 11.8 Å². The Bertz CT molecular complexity index is 1260. The Balaban J connectivity index is 1.37. The number of alkyl halides is 1. The Labute approximate surface area is 248 Å². The van der Waals surface area contributed by atoms with E-state index in [1.807, 2.05) is 11.0 Å². The number of ether oxygens (including phenoxy) is 1. The first-order chi connectivity index (χ1) is 20.4. The Morgan fingerprint density at radius 2 is 1.83 bits per heavy atom. The third-order valence-corrected chi connectivity index (χ3v) is 8.22. The number of pyridine rings is 1. The number of rotatable bonds is 12. The largest absolute Gasteiger partial charge is 0.491 e. The molecule has 8 heteroatoms. The molecule has 0 bridgehead atoms. The van der Waals surface area contributed by atoms with Crippen molar-refractivity contribution in [1.29, 1.82) is 0 Å². The van der Waals surface area contributed by atoms with Gasteiger partial charge >= 0.3 is 0 Å². The summed E-state index contributed by atoms with van der Waals surface area (Å²) in [5.74, 6) is 7.17. The van der Waals surface area contributed by atoms with Gasteiger partial charge in [0.1, 0.15) is 30.6 Å². The average Bonchev–Trinajstić information content (AvgIpc) is 3.02. The lowest BCUT2D eigenvalue weighted by Crippen LogP contribution is -2.42. The van der Waals surface area contributed by atoms with Crippen molar-refractivity contribution in [2.75, 3.05) is 39.5 Å². The minimum Gasteiger partial charge on any atom is -0.491 e. The minimum absolute atomic E-state index is 0.0118. The molecule has 2 atom stereocenters. The van der Waals surface area contributed by atoms with E-state index in [1.54, 1.807) is 43.6 Å². The quantitative estimate of drug-likeness (QED) is 0.364. The molecular formula is C34H42FN3O4. The van der Waals surface area contributed by atoms with Crippen LogP contribution in [-0.4, -0.2) is 66.8 Å². The number of benzene rings is 1. The van der Waals surface area contributed by atoms with Gasteiger partial charge in [0.05, 0.1) is 0 Å². The summed E-state index contributed by atoms with van der Waals surface area (Å²) >= 11 is 0. The van der Waals surface area contributed by atoms with E-state index in [4.69, 9.17) is 4.74 Å². The van der Waals surface area contributed by atoms with Crippen molar-refractivity contribution < 1.29 is 23.5 Å². The van der Waals surface area contributed by atoms with E-state index in [2.05, 4.69) is 22.1 Å². The fourth-order valence-electron chi connectivity index (χ4n) is 5.87. The van der Waals surface area contributed by atoms with E-state index in [1.165, 1.54) is 0 Å². The standard InChI is InChI=1S/C34H42FN3O4/c1-25(39)19-30(31-20-28(22-37-23-31)5-4-26-6-9-32(10-7-26)42-18-14-35)21-33(40)29-3-2-17-38(24-29)34(41)11-8-27-12-15-36-16-13-27/h6-7,9-10,20,22-23,27,29-30,36H,2-3,8,11-19,21,24H2,1H3/t29-,30-/m1/s1. The molecule has 2 aromatic rings. The zero-order valence-electron chi connectivity index (χ0n) is 24.6. The van der Waals surface area contributed by atoms with E-state index < -0.39 is 6.67 Å². The van der Waals surface area contributed by atoms with Crippen LogP contribution in [-0.2, 0) is 14.4 Å². The third kappa shape index (κ3) is 9.77. The molecule has 0 saturated carbocycles. The lowest BCUT2D eigenvalue weighted by Gasteiger charge is -2.33. The number of halogens is 1. The van der Waals surface area contributed by atoms with Crippen LogP contribution >= 0.6 is 0 Å². The van der Waals surface area contributed by atoms with Gasteiger partial charge in [-0.15, -0.1) is 0 Å². The highest BCUT2D eigenvalue weighted by atomic mass is 19.1. The second-order valence-corrected chi connectivity index (χ2v) is 11.5. The number of Topliss-reactive ketones (excluding diaryl/α,β-unsaturated/α-hetero) is 2. The van der Waals surface area contributed by atoms with Crippen LogP contribution < -0.4 is 10.1 Å². The smallest absolute Gasteiger partial charge is 0.222 e. The monoisotopic (exact) mass is 575 g/mol. The molecule has 7 nitrogen and oxygen atoms in total. The Morgan fingerprint density at radius 3 is 2.57 bits per heavy atom. The fourth-order valence-corrected chi connectivity index (χ4v) is 5.87. The molecule has 2 fully saturated rings. The molecule has 0 spiro atoms. The average molecular weight is 576 g/mol. The van der Waals surface area contributed by atoms with Gasteiger partial charge in [0.15, 0.2) is 0 Å². The highest BCUT2D eigenvalue weighted by Gasteiger charge is 2.30. The molecule has 224 valence electrons. The molecule has 0 unspecified atom stereocenters. The second-order valence-electron chi connectivity index (χ2n) is 11.5. The van der Waals surface area contributed by atoms with Crippen LogP contribution in [0.5, 0.6) is 5.75 Å². The Kier molecular flexibility index (Phi) is 12.1. The summed E-state index contributed by atoms with van der Waals surface area (Å²) in [6.07, 6.45) is 9.16. The van der Waals surface area contributed by atoms with Crippen molar-refractivity contribution in [2.45, 2.75) is 64.2 Å². The number of nitrogens with one attached hydrogen (secondary N) is 1. The summed E-state index contributed by atoms with van der Waals surface area (Å²) in [5, 5.41) is 3.37. The first-order valence-corrected chi connectivity index (χ1v) is 15.2. The number of carbonyl (C=O) groups is 3. The molecule has 1 amide bonds. The SMILES string of the molecule is CC(=O)C[C@H](CC(=O)[C@@H]1CCCN(C(=O)CCC2CCNCC2)C1)c1cncc(C#Cc2ccc(OCCF)cc2)c1. The van der Waals surface area contributed by atoms with Gasteiger partial charge in [-0.25, -0.2) is 4.39 Å². The lowest BCUT2D eigenvalue weighted by atomic mass is 9.83. The highest BCUT2D eigenvalue weighted by molar-refractivity contribution is 5.85. The van der Waals surface area contributed by atoms with Crippen molar-refractivity contribution in [2.24, 2.45) is 11.8 Å². The van der Waals surface area contributed by atoms with Crippen molar-refractivity contribution in [3.8, 4) is 17.6 Å². The minimum atomic E-state index is -0.543. The summed E-state index contributed by atoms with van der Waals surface area (Å²) in [5.41, 5.74) is 2.27. The number of likely N-dealkylation sites (tertiary alicyclic amines) is 1. The van der Waals surface area contributed by atoms with E-state index in [-0.39, 0.29) is 48.8 Å². The molecule has 2 saturated heterocycles. The second kappa shape index (κ2) is 16.2. The number of hydrogen-bond acceptors (Lipinski definition) is 6. The van der Waals surface area contributed by atoms with Crippen LogP contribution in [0.15, 0.2) is 42.7 Å². The van der Waals surface area contributed by atoms with Crippen LogP contribution in [0.2, 0.25) is 0 Å². The number of piperidine rings is 2. The molecular weight excluding hydrogens is 533 g/mol. The Morgan fingerprint density at radius 1 is 1.07 bits per heavy atom. The van der Waals surface area contributed by atoms with E-state index in [0.29, 0.717) is 36.7 Å². The molecule has 42 heavy (non-hydrogen) atoms. The van der Waals surface area contributed by atoms with Crippen molar-refractivity contribution in [3.63, 3.8) is 0 Å². The van der Waals surface area contributed by atoms with Crippen LogP contribution in [0, 0.1) is 23.7 Å². The maximum atomic E-state index is 13.5.